The summed E-state index contributed by atoms with van der Waals surface area (Å²) in [5.74, 6) is 1.83. The van der Waals surface area contributed by atoms with E-state index >= 15 is 0 Å². The van der Waals surface area contributed by atoms with Crippen LogP contribution in [0, 0.1) is 5.92 Å². The van der Waals surface area contributed by atoms with E-state index in [1.54, 1.807) is 36.7 Å². The van der Waals surface area contributed by atoms with Crippen LogP contribution in [0.15, 0.2) is 36.5 Å². The lowest BCUT2D eigenvalue weighted by atomic mass is 9.87. The zero-order valence-electron chi connectivity index (χ0n) is 16.1. The summed E-state index contributed by atoms with van der Waals surface area (Å²) in [6.45, 7) is 2.32. The minimum absolute atomic E-state index is 0.240. The molecule has 2 aromatic heterocycles. The molecule has 1 aromatic carbocycles. The monoisotopic (exact) mass is 396 g/mol. The van der Waals surface area contributed by atoms with E-state index in [1.165, 1.54) is 25.7 Å². The van der Waals surface area contributed by atoms with E-state index in [1.807, 2.05) is 18.2 Å². The molecule has 6 nitrogen and oxygen atoms in total. The van der Waals surface area contributed by atoms with Gasteiger partial charge in [-0.05, 0) is 37.0 Å². The number of thiazole rings is 1. The van der Waals surface area contributed by atoms with Gasteiger partial charge in [0, 0.05) is 31.4 Å². The number of carbonyl (C=O) groups is 1. The van der Waals surface area contributed by atoms with Crippen LogP contribution in [0.3, 0.4) is 0 Å². The number of anilines is 1. The van der Waals surface area contributed by atoms with E-state index < -0.39 is 0 Å². The molecule has 2 atom stereocenters. The van der Waals surface area contributed by atoms with Crippen molar-refractivity contribution in [3.05, 3.63) is 42.2 Å². The maximum atomic E-state index is 11.7. The molecule has 3 aromatic rings. The molecule has 1 amide bonds. The molecule has 0 spiro atoms. The third kappa shape index (κ3) is 4.25. The molecule has 146 valence electrons. The van der Waals surface area contributed by atoms with Gasteiger partial charge in [-0.25, -0.2) is 4.98 Å². The highest BCUT2D eigenvalue weighted by Gasteiger charge is 2.19. The van der Waals surface area contributed by atoms with Gasteiger partial charge in [0.05, 0.1) is 10.2 Å². The van der Waals surface area contributed by atoms with Crippen molar-refractivity contribution >= 4 is 32.6 Å². The number of benzene rings is 1. The second-order valence-corrected chi connectivity index (χ2v) is 8.35. The van der Waals surface area contributed by atoms with Crippen LogP contribution in [0.5, 0.6) is 11.5 Å². The molecular weight excluding hydrogens is 372 g/mol. The Bertz CT molecular complexity index is 987. The SMILES string of the molecule is CNC(=O)c1cc(Oc2ccc3nc(NC4CCCC(C)C4)sc3c2)ccn1. The van der Waals surface area contributed by atoms with E-state index in [0.29, 0.717) is 23.2 Å². The first-order valence-corrected chi connectivity index (χ1v) is 10.5. The molecule has 2 unspecified atom stereocenters. The van der Waals surface area contributed by atoms with Crippen molar-refractivity contribution in [1.29, 1.82) is 0 Å². The van der Waals surface area contributed by atoms with Crippen LogP contribution in [0.4, 0.5) is 5.13 Å². The topological polar surface area (TPSA) is 76.1 Å². The first kappa shape index (κ1) is 18.7. The molecule has 0 saturated heterocycles. The Morgan fingerprint density at radius 2 is 2.07 bits per heavy atom. The summed E-state index contributed by atoms with van der Waals surface area (Å²) >= 11 is 1.65. The molecule has 28 heavy (non-hydrogen) atoms. The first-order valence-electron chi connectivity index (χ1n) is 9.64. The molecular formula is C21H24N4O2S. The van der Waals surface area contributed by atoms with Crippen LogP contribution in [0.1, 0.15) is 43.1 Å². The van der Waals surface area contributed by atoms with Crippen molar-refractivity contribution in [3.8, 4) is 11.5 Å². The quantitative estimate of drug-likeness (QED) is 0.646. The fourth-order valence-electron chi connectivity index (χ4n) is 3.63. The third-order valence-corrected chi connectivity index (χ3v) is 6.00. The Morgan fingerprint density at radius 3 is 2.89 bits per heavy atom. The Balaban J connectivity index is 1.49. The van der Waals surface area contributed by atoms with E-state index in [-0.39, 0.29) is 5.91 Å². The lowest BCUT2D eigenvalue weighted by Gasteiger charge is -2.27. The fourth-order valence-corrected chi connectivity index (χ4v) is 4.60. The zero-order valence-corrected chi connectivity index (χ0v) is 16.9. The minimum atomic E-state index is -0.240. The number of amides is 1. The third-order valence-electron chi connectivity index (χ3n) is 5.05. The number of nitrogens with zero attached hydrogens (tertiary/aromatic N) is 2. The first-order chi connectivity index (χ1) is 13.6. The van der Waals surface area contributed by atoms with Crippen molar-refractivity contribution in [2.75, 3.05) is 12.4 Å². The van der Waals surface area contributed by atoms with Gasteiger partial charge in [0.15, 0.2) is 5.13 Å². The number of pyridine rings is 1. The molecule has 0 bridgehead atoms. The van der Waals surface area contributed by atoms with Gasteiger partial charge >= 0.3 is 0 Å². The van der Waals surface area contributed by atoms with Gasteiger partial charge in [-0.15, -0.1) is 0 Å². The largest absolute Gasteiger partial charge is 0.457 e. The van der Waals surface area contributed by atoms with Crippen LogP contribution in [-0.2, 0) is 0 Å². The Morgan fingerprint density at radius 1 is 1.21 bits per heavy atom. The lowest BCUT2D eigenvalue weighted by molar-refractivity contribution is 0.0958. The summed E-state index contributed by atoms with van der Waals surface area (Å²) in [5.41, 5.74) is 1.29. The van der Waals surface area contributed by atoms with E-state index in [9.17, 15) is 4.79 Å². The molecule has 1 aliphatic rings. The molecule has 2 N–H and O–H groups in total. The summed E-state index contributed by atoms with van der Waals surface area (Å²) in [6, 6.07) is 9.74. The van der Waals surface area contributed by atoms with Crippen molar-refractivity contribution < 1.29 is 9.53 Å². The minimum Gasteiger partial charge on any atom is -0.457 e. The Labute approximate surface area is 168 Å². The average Bonchev–Trinajstić information content (AvgIpc) is 3.09. The molecule has 1 fully saturated rings. The number of rotatable bonds is 5. The van der Waals surface area contributed by atoms with Gasteiger partial charge in [0.2, 0.25) is 0 Å². The van der Waals surface area contributed by atoms with Crippen LogP contribution < -0.4 is 15.4 Å². The normalized spacial score (nSPS) is 19.4. The van der Waals surface area contributed by atoms with Gasteiger partial charge in [0.25, 0.3) is 5.91 Å². The van der Waals surface area contributed by atoms with Crippen LogP contribution in [-0.4, -0.2) is 29.0 Å². The summed E-state index contributed by atoms with van der Waals surface area (Å²) in [5, 5.41) is 7.14. The Kier molecular flexibility index (Phi) is 5.43. The average molecular weight is 397 g/mol. The van der Waals surface area contributed by atoms with Gasteiger partial charge < -0.3 is 15.4 Å². The number of nitrogens with one attached hydrogen (secondary N) is 2. The van der Waals surface area contributed by atoms with E-state index in [0.717, 1.165) is 21.3 Å². The zero-order chi connectivity index (χ0) is 19.5. The van der Waals surface area contributed by atoms with Crippen molar-refractivity contribution in [1.82, 2.24) is 15.3 Å². The van der Waals surface area contributed by atoms with Gasteiger partial charge in [-0.2, -0.15) is 0 Å². The lowest BCUT2D eigenvalue weighted by Crippen LogP contribution is -2.25. The number of carbonyl (C=O) groups excluding carboxylic acids is 1. The predicted molar refractivity (Wildman–Crippen MR) is 112 cm³/mol. The highest BCUT2D eigenvalue weighted by molar-refractivity contribution is 7.22. The smallest absolute Gasteiger partial charge is 0.269 e. The highest BCUT2D eigenvalue weighted by Crippen LogP contribution is 2.33. The fraction of sp³-hybridized carbons (Fsp3) is 0.381. The van der Waals surface area contributed by atoms with Gasteiger partial charge in [-0.3, -0.25) is 9.78 Å². The number of aromatic nitrogens is 2. The highest BCUT2D eigenvalue weighted by atomic mass is 32.1. The summed E-state index contributed by atoms with van der Waals surface area (Å²) in [6.07, 6.45) is 6.60. The molecule has 1 saturated carbocycles. The van der Waals surface area contributed by atoms with Crippen molar-refractivity contribution in [3.63, 3.8) is 0 Å². The predicted octanol–water partition coefficient (Wildman–Crippen LogP) is 4.83. The second kappa shape index (κ2) is 8.14. The van der Waals surface area contributed by atoms with Crippen LogP contribution in [0.2, 0.25) is 0 Å². The molecule has 4 rings (SSSR count). The van der Waals surface area contributed by atoms with Crippen LogP contribution >= 0.6 is 11.3 Å². The maximum Gasteiger partial charge on any atom is 0.269 e. The molecule has 1 aliphatic carbocycles. The van der Waals surface area contributed by atoms with Gasteiger partial charge in [-0.1, -0.05) is 31.1 Å². The maximum absolute atomic E-state index is 11.7. The van der Waals surface area contributed by atoms with Gasteiger partial charge in [0.1, 0.15) is 17.2 Å². The number of hydrogen-bond acceptors (Lipinski definition) is 6. The van der Waals surface area contributed by atoms with Crippen molar-refractivity contribution in [2.45, 2.75) is 38.6 Å². The molecule has 2 heterocycles. The van der Waals surface area contributed by atoms with Crippen LogP contribution in [0.25, 0.3) is 10.2 Å². The summed E-state index contributed by atoms with van der Waals surface area (Å²) in [7, 11) is 1.58. The molecule has 7 heteroatoms. The van der Waals surface area contributed by atoms with E-state index in [2.05, 4.69) is 22.5 Å². The number of ether oxygens (including phenoxy) is 1. The summed E-state index contributed by atoms with van der Waals surface area (Å²) < 4.78 is 7.01. The second-order valence-electron chi connectivity index (χ2n) is 7.32. The number of fused-ring (bicyclic) bond motifs is 1. The summed E-state index contributed by atoms with van der Waals surface area (Å²) in [4.78, 5) is 20.5. The van der Waals surface area contributed by atoms with E-state index in [4.69, 9.17) is 9.72 Å². The number of hydrogen-bond donors (Lipinski definition) is 2. The Hall–Kier alpha value is -2.67. The standard InChI is InChI=1S/C21H24N4O2S/c1-13-4-3-5-14(10-13)24-21-25-17-7-6-15(12-19(17)28-21)27-16-8-9-23-18(11-16)20(26)22-2/h6-9,11-14H,3-5,10H2,1-2H3,(H,22,26)(H,24,25). The molecule has 0 radical (unpaired) electrons. The van der Waals surface area contributed by atoms with Crippen molar-refractivity contribution in [2.24, 2.45) is 5.92 Å². The molecule has 0 aliphatic heterocycles.